The molecular weight excluding hydrogens is 1170 g/mol. The zero-order chi connectivity index (χ0) is 51.0. The van der Waals surface area contributed by atoms with Gasteiger partial charge in [0.1, 0.15) is 41.8 Å². The van der Waals surface area contributed by atoms with E-state index < -0.39 is 45.9 Å². The Balaban J connectivity index is 0.000000215. The van der Waals surface area contributed by atoms with Crippen molar-refractivity contribution in [2.45, 2.75) is 51.5 Å². The summed E-state index contributed by atoms with van der Waals surface area (Å²) in [4.78, 5) is 85.5. The number of hydrogen-bond donors (Lipinski definition) is 4. The fourth-order valence-corrected chi connectivity index (χ4v) is 8.31. The van der Waals surface area contributed by atoms with E-state index in [-0.39, 0.29) is 47.3 Å². The molecule has 2 aromatic heterocycles. The second-order valence-corrected chi connectivity index (χ2v) is 19.3. The van der Waals surface area contributed by atoms with Crippen molar-refractivity contribution in [2.75, 3.05) is 37.1 Å². The third kappa shape index (κ3) is 14.5. The first-order valence-electron chi connectivity index (χ1n) is 20.6. The molecule has 2 atom stereocenters. The number of nitrogens with two attached hydrogens (primary N) is 1. The van der Waals surface area contributed by atoms with Crippen LogP contribution in [0, 0.1) is 7.14 Å². The first kappa shape index (κ1) is 55.2. The number of carbonyl (C=O) groups excluding carboxylic acids is 2. The van der Waals surface area contributed by atoms with Gasteiger partial charge in [-0.3, -0.25) is 37.5 Å². The Morgan fingerprint density at radius 2 is 1.14 bits per heavy atom. The van der Waals surface area contributed by atoms with Crippen LogP contribution in [-0.4, -0.2) is 80.4 Å². The van der Waals surface area contributed by atoms with Crippen molar-refractivity contribution in [3.8, 4) is 5.75 Å². The van der Waals surface area contributed by atoms with Crippen LogP contribution >= 0.6 is 68.4 Å². The van der Waals surface area contributed by atoms with Crippen LogP contribution in [-0.2, 0) is 56.8 Å². The lowest BCUT2D eigenvalue weighted by Gasteiger charge is -2.18. The van der Waals surface area contributed by atoms with Crippen molar-refractivity contribution in [3.05, 3.63) is 137 Å². The lowest BCUT2D eigenvalue weighted by atomic mass is 10.2. The molecule has 25 heteroatoms. The fraction of sp³-hybridized carbons (Fsp3) is 0.364. The van der Waals surface area contributed by atoms with Crippen molar-refractivity contribution >= 4 is 103 Å². The Hall–Kier alpha value is -4.68. The van der Waals surface area contributed by atoms with Crippen molar-refractivity contribution in [1.82, 2.24) is 23.7 Å². The maximum absolute atomic E-state index is 12.8. The number of hydroxylamine groups is 1. The normalized spacial score (nSPS) is 16.7. The van der Waals surface area contributed by atoms with Gasteiger partial charge in [0.15, 0.2) is 17.1 Å². The SMILES string of the molecule is CC1(C)OC[C@H](CON)O1.Cn1c(Nc2ccc(I)cc2Cl)c(C(=O)NOC[C@H]2COC(C)(C)O2)c(=O)n(C)c1=O.Cn1c(Nc2ccc(I)cc2Cl)c(C(=O)Oc2ccccc2)c(=O)n(C)c1=O. The molecule has 3 aromatic carbocycles. The maximum atomic E-state index is 12.8. The quantitative estimate of drug-likeness (QED) is 0.0540. The molecule has 21 nitrogen and oxygen atoms in total. The standard InChI is InChI=1S/C19H22ClIN4O6.C19H15ClIN3O4.C6H13NO3/c1-19(2)29-8-11(31-19)9-30-23-16(26)14-15(24(3)18(28)25(4)17(14)27)22-13-6-5-10(21)7-12(13)20;1-23-16(22-14-9-8-11(21)10-13(14)20)15(17(25)24(2)19(23)27)18(26)28-12-6-4-3-5-7-12;1-6(2)8-3-5(10-6)4-9-7/h5-7,11,22H,8-9H2,1-4H3,(H,23,26);3-10,22H,1-2H3;5H,3-4,7H2,1-2H3/t11-;;5-/m1.1/s1. The number of aromatic nitrogens is 4. The summed E-state index contributed by atoms with van der Waals surface area (Å²) >= 11 is 16.7. The number of anilines is 4. The van der Waals surface area contributed by atoms with Gasteiger partial charge in [0.25, 0.3) is 17.0 Å². The average molecular weight is 1220 g/mol. The number of ether oxygens (including phenoxy) is 5. The smallest absolute Gasteiger partial charge is 0.352 e. The molecule has 0 aliphatic carbocycles. The van der Waals surface area contributed by atoms with Crippen LogP contribution in [0.1, 0.15) is 48.4 Å². The molecule has 7 rings (SSSR count). The summed E-state index contributed by atoms with van der Waals surface area (Å²) < 4.78 is 32.8. The molecule has 2 aliphatic rings. The van der Waals surface area contributed by atoms with Gasteiger partial charge < -0.3 is 39.2 Å². The van der Waals surface area contributed by atoms with E-state index in [2.05, 4.69) is 66.1 Å². The van der Waals surface area contributed by atoms with E-state index in [4.69, 9.17) is 57.6 Å². The highest BCUT2D eigenvalue weighted by Crippen LogP contribution is 2.30. The number of halogens is 4. The van der Waals surface area contributed by atoms with Gasteiger partial charge >= 0.3 is 17.3 Å². The summed E-state index contributed by atoms with van der Waals surface area (Å²) in [6, 6.07) is 18.7. The number of rotatable bonds is 12. The summed E-state index contributed by atoms with van der Waals surface area (Å²) in [7, 11) is 5.47. The molecule has 2 aliphatic heterocycles. The Labute approximate surface area is 432 Å². The molecular formula is C44H50Cl2I2N8O13. The Kier molecular flexibility index (Phi) is 19.2. The van der Waals surface area contributed by atoms with Crippen molar-refractivity contribution in [1.29, 1.82) is 0 Å². The summed E-state index contributed by atoms with van der Waals surface area (Å²) in [5, 5.41) is 6.59. The van der Waals surface area contributed by atoms with Crippen LogP contribution in [0.25, 0.3) is 0 Å². The van der Waals surface area contributed by atoms with Crippen molar-refractivity contribution in [3.63, 3.8) is 0 Å². The lowest BCUT2D eigenvalue weighted by Crippen LogP contribution is -2.44. The topological polar surface area (TPSA) is 249 Å². The van der Waals surface area contributed by atoms with Gasteiger partial charge in [0.2, 0.25) is 0 Å². The monoisotopic (exact) mass is 1220 g/mol. The summed E-state index contributed by atoms with van der Waals surface area (Å²) in [5.41, 5.74) is -0.243. The van der Waals surface area contributed by atoms with Gasteiger partial charge in [0, 0.05) is 35.3 Å². The Morgan fingerprint density at radius 1 is 0.696 bits per heavy atom. The molecule has 2 saturated heterocycles. The molecule has 0 unspecified atom stereocenters. The highest BCUT2D eigenvalue weighted by Gasteiger charge is 2.34. The van der Waals surface area contributed by atoms with Gasteiger partial charge in [-0.05, 0) is 121 Å². The van der Waals surface area contributed by atoms with Gasteiger partial charge in [-0.2, -0.15) is 0 Å². The minimum atomic E-state index is -0.883. The number of para-hydroxylation sites is 1. The largest absolute Gasteiger partial charge is 0.423 e. The van der Waals surface area contributed by atoms with E-state index in [1.165, 1.54) is 28.2 Å². The number of esters is 1. The van der Waals surface area contributed by atoms with Gasteiger partial charge in [-0.1, -0.05) is 41.4 Å². The zero-order valence-electron chi connectivity index (χ0n) is 38.5. The van der Waals surface area contributed by atoms with E-state index in [0.29, 0.717) is 41.2 Å². The van der Waals surface area contributed by atoms with Crippen LogP contribution in [0.5, 0.6) is 5.75 Å². The minimum absolute atomic E-state index is 0.00265. The molecule has 0 spiro atoms. The molecule has 69 heavy (non-hydrogen) atoms. The number of carbonyl (C=O) groups is 2. The summed E-state index contributed by atoms with van der Waals surface area (Å²) in [6.45, 7) is 8.55. The van der Waals surface area contributed by atoms with E-state index in [1.807, 2.05) is 13.8 Å². The number of nitrogens with zero attached hydrogens (tertiary/aromatic N) is 4. The molecule has 0 bridgehead atoms. The van der Waals surface area contributed by atoms with Crippen LogP contribution in [0.15, 0.2) is 85.9 Å². The zero-order valence-corrected chi connectivity index (χ0v) is 44.3. The van der Waals surface area contributed by atoms with Crippen molar-refractivity contribution < 1.29 is 42.9 Å². The molecule has 2 fully saturated rings. The van der Waals surface area contributed by atoms with Gasteiger partial charge in [-0.25, -0.2) is 25.8 Å². The molecule has 0 radical (unpaired) electrons. The fourth-order valence-electron chi connectivity index (χ4n) is 6.50. The predicted molar refractivity (Wildman–Crippen MR) is 274 cm³/mol. The maximum Gasteiger partial charge on any atom is 0.352 e. The van der Waals surface area contributed by atoms with E-state index >= 15 is 0 Å². The molecule has 5 aromatic rings. The molecule has 5 N–H and O–H groups in total. The second-order valence-electron chi connectivity index (χ2n) is 16.0. The number of hydrogen-bond acceptors (Lipinski definition) is 16. The van der Waals surface area contributed by atoms with Crippen LogP contribution < -0.4 is 49.2 Å². The van der Waals surface area contributed by atoms with Gasteiger partial charge in [0.05, 0.1) is 41.2 Å². The van der Waals surface area contributed by atoms with E-state index in [9.17, 15) is 28.8 Å². The van der Waals surface area contributed by atoms with E-state index in [1.54, 1.807) is 80.6 Å². The Bertz CT molecular complexity index is 2930. The minimum Gasteiger partial charge on any atom is -0.423 e. The molecule has 1 amide bonds. The van der Waals surface area contributed by atoms with Gasteiger partial charge in [-0.15, -0.1) is 0 Å². The number of benzene rings is 3. The number of amides is 1. The third-order valence-corrected chi connectivity index (χ3v) is 11.9. The Morgan fingerprint density at radius 3 is 1.58 bits per heavy atom. The number of nitrogens with one attached hydrogen (secondary N) is 3. The van der Waals surface area contributed by atoms with E-state index in [0.717, 1.165) is 25.4 Å². The molecule has 4 heterocycles. The predicted octanol–water partition coefficient (Wildman–Crippen LogP) is 5.23. The van der Waals surface area contributed by atoms with Crippen LogP contribution in [0.3, 0.4) is 0 Å². The highest BCUT2D eigenvalue weighted by atomic mass is 127. The van der Waals surface area contributed by atoms with Crippen LogP contribution in [0.4, 0.5) is 23.0 Å². The first-order chi connectivity index (χ1) is 32.4. The first-order valence-corrected chi connectivity index (χ1v) is 23.5. The third-order valence-electron chi connectivity index (χ3n) is 9.93. The van der Waals surface area contributed by atoms with Crippen molar-refractivity contribution in [2.24, 2.45) is 34.1 Å². The summed E-state index contributed by atoms with van der Waals surface area (Å²) in [6.07, 6.45) is -0.388. The molecule has 372 valence electrons. The second kappa shape index (κ2) is 24.0. The highest BCUT2D eigenvalue weighted by molar-refractivity contribution is 14.1. The average Bonchev–Trinajstić information content (AvgIpc) is 3.83. The van der Waals surface area contributed by atoms with Crippen LogP contribution in [0.2, 0.25) is 10.0 Å². The lowest BCUT2D eigenvalue weighted by molar-refractivity contribution is -0.147. The molecule has 0 saturated carbocycles. The summed E-state index contributed by atoms with van der Waals surface area (Å²) in [5.74, 6) is 2.22.